The molecule has 0 unspecified atom stereocenters. The molecule has 74 valence electrons. The summed E-state index contributed by atoms with van der Waals surface area (Å²) in [5.74, 6) is 1.49. The van der Waals surface area contributed by atoms with E-state index < -0.39 is 17.6 Å². The lowest BCUT2D eigenvalue weighted by atomic mass is 10.1. The third-order valence-corrected chi connectivity index (χ3v) is 1.24. The van der Waals surface area contributed by atoms with Crippen molar-refractivity contribution in [3.8, 4) is 11.8 Å². The number of methoxy groups -OCH3 is 1. The van der Waals surface area contributed by atoms with Gasteiger partial charge in [-0.3, -0.25) is 4.79 Å². The van der Waals surface area contributed by atoms with Gasteiger partial charge in [0, 0.05) is 7.11 Å². The Hall–Kier alpha value is -1.02. The molecule has 0 spiro atoms. The number of rotatable bonds is 1. The number of carbonyl (C=O) groups excluding carboxylic acids is 1. The molecular weight excluding hydrogens is 185 g/mol. The first-order valence-electron chi connectivity index (χ1n) is 3.38. The molecule has 0 rings (SSSR count). The van der Waals surface area contributed by atoms with Crippen LogP contribution in [0, 0.1) is 11.8 Å². The Labute approximate surface area is 74.1 Å². The summed E-state index contributed by atoms with van der Waals surface area (Å²) < 4.78 is 39.6. The number of ketones is 1. The van der Waals surface area contributed by atoms with E-state index in [1.807, 2.05) is 0 Å². The molecule has 0 aliphatic heterocycles. The highest BCUT2D eigenvalue weighted by molar-refractivity contribution is 5.99. The van der Waals surface area contributed by atoms with Crippen molar-refractivity contribution in [1.29, 1.82) is 0 Å². The van der Waals surface area contributed by atoms with Crippen molar-refractivity contribution < 1.29 is 22.7 Å². The summed E-state index contributed by atoms with van der Waals surface area (Å²) in [6, 6.07) is 0. The van der Waals surface area contributed by atoms with Crippen LogP contribution in [-0.2, 0) is 9.53 Å². The average Bonchev–Trinajstić information content (AvgIpc) is 1.98. The van der Waals surface area contributed by atoms with Crippen molar-refractivity contribution in [1.82, 2.24) is 0 Å². The smallest absolute Gasteiger partial charge is 0.366 e. The summed E-state index contributed by atoms with van der Waals surface area (Å²) in [6.45, 7) is 2.92. The van der Waals surface area contributed by atoms with E-state index >= 15 is 0 Å². The fourth-order valence-corrected chi connectivity index (χ4v) is 0.329. The van der Waals surface area contributed by atoms with Gasteiger partial charge >= 0.3 is 12.0 Å². The van der Waals surface area contributed by atoms with E-state index in [0.29, 0.717) is 0 Å². The highest BCUT2D eigenvalue weighted by Crippen LogP contribution is 2.15. The molecule has 0 aliphatic rings. The highest BCUT2D eigenvalue weighted by Gasteiger charge is 2.37. The standard InChI is InChI=1S/C8H9F3O2/c1-7(2,13-3)5-4-6(12)8(9,10)11/h1-3H3. The van der Waals surface area contributed by atoms with Gasteiger partial charge in [0.2, 0.25) is 0 Å². The van der Waals surface area contributed by atoms with E-state index in [-0.39, 0.29) is 0 Å². The monoisotopic (exact) mass is 194 g/mol. The molecule has 2 nitrogen and oxygen atoms in total. The van der Waals surface area contributed by atoms with Gasteiger partial charge in [-0.15, -0.1) is 0 Å². The van der Waals surface area contributed by atoms with Crippen LogP contribution in [0.15, 0.2) is 0 Å². The first kappa shape index (κ1) is 12.0. The van der Waals surface area contributed by atoms with Gasteiger partial charge in [0.25, 0.3) is 0 Å². The largest absolute Gasteiger partial charge is 0.462 e. The zero-order chi connectivity index (χ0) is 10.7. The van der Waals surface area contributed by atoms with Gasteiger partial charge in [0.15, 0.2) is 0 Å². The van der Waals surface area contributed by atoms with E-state index in [2.05, 4.69) is 5.92 Å². The summed E-state index contributed by atoms with van der Waals surface area (Å²) in [5.41, 5.74) is -1.04. The number of alkyl halides is 3. The van der Waals surface area contributed by atoms with Crippen LogP contribution < -0.4 is 0 Å². The number of carbonyl (C=O) groups is 1. The van der Waals surface area contributed by atoms with Crippen molar-refractivity contribution in [3.05, 3.63) is 0 Å². The van der Waals surface area contributed by atoms with E-state index in [9.17, 15) is 18.0 Å². The molecule has 0 atom stereocenters. The van der Waals surface area contributed by atoms with Crippen molar-refractivity contribution in [2.24, 2.45) is 0 Å². The van der Waals surface area contributed by atoms with Gasteiger partial charge in [-0.05, 0) is 19.8 Å². The van der Waals surface area contributed by atoms with Gasteiger partial charge < -0.3 is 4.74 Å². The van der Waals surface area contributed by atoms with Crippen LogP contribution in [0.3, 0.4) is 0 Å². The summed E-state index contributed by atoms with van der Waals surface area (Å²) in [5, 5.41) is 0. The van der Waals surface area contributed by atoms with Crippen LogP contribution in [0.1, 0.15) is 13.8 Å². The second-order valence-corrected chi connectivity index (χ2v) is 2.79. The Kier molecular flexibility index (Phi) is 3.50. The summed E-state index contributed by atoms with van der Waals surface area (Å²) in [4.78, 5) is 10.3. The SMILES string of the molecule is COC(C)(C)C#CC(=O)C(F)(F)F. The van der Waals surface area contributed by atoms with Gasteiger partial charge in [0.1, 0.15) is 5.60 Å². The number of Topliss-reactive ketones (excluding diaryl/α,β-unsaturated/α-hetero) is 1. The van der Waals surface area contributed by atoms with Crippen LogP contribution in [0.2, 0.25) is 0 Å². The molecule has 0 aromatic heterocycles. The van der Waals surface area contributed by atoms with Crippen LogP contribution in [-0.4, -0.2) is 24.7 Å². The number of ether oxygens (including phenoxy) is 1. The topological polar surface area (TPSA) is 26.3 Å². The Bertz CT molecular complexity index is 255. The third kappa shape index (κ3) is 4.53. The lowest BCUT2D eigenvalue weighted by Crippen LogP contribution is -2.24. The predicted octanol–water partition coefficient (Wildman–Crippen LogP) is 1.55. The van der Waals surface area contributed by atoms with Crippen molar-refractivity contribution in [3.63, 3.8) is 0 Å². The van der Waals surface area contributed by atoms with Crippen LogP contribution in [0.4, 0.5) is 13.2 Å². The minimum atomic E-state index is -4.89. The molecule has 0 radical (unpaired) electrons. The molecule has 0 saturated carbocycles. The summed E-state index contributed by atoms with van der Waals surface area (Å²) >= 11 is 0. The van der Waals surface area contributed by atoms with Crippen LogP contribution >= 0.6 is 0 Å². The zero-order valence-electron chi connectivity index (χ0n) is 7.45. The molecule has 0 heterocycles. The zero-order valence-corrected chi connectivity index (χ0v) is 7.45. The van der Waals surface area contributed by atoms with Gasteiger partial charge in [-0.2, -0.15) is 13.2 Å². The molecule has 0 aliphatic carbocycles. The maximum Gasteiger partial charge on any atom is 0.462 e. The van der Waals surface area contributed by atoms with E-state index in [0.717, 1.165) is 0 Å². The molecule has 0 bridgehead atoms. The Morgan fingerprint density at radius 3 is 2.08 bits per heavy atom. The summed E-state index contributed by atoms with van der Waals surface area (Å²) in [6.07, 6.45) is -4.89. The van der Waals surface area contributed by atoms with Crippen LogP contribution in [0.5, 0.6) is 0 Å². The maximum atomic E-state index is 11.6. The molecule has 0 aromatic rings. The Morgan fingerprint density at radius 2 is 1.77 bits per heavy atom. The Balaban J connectivity index is 4.53. The molecular formula is C8H9F3O2. The van der Waals surface area contributed by atoms with E-state index in [1.54, 1.807) is 0 Å². The van der Waals surface area contributed by atoms with Crippen molar-refractivity contribution >= 4 is 5.78 Å². The molecule has 0 fully saturated rings. The van der Waals surface area contributed by atoms with Crippen molar-refractivity contribution in [2.75, 3.05) is 7.11 Å². The minimum absolute atomic E-state index is 1.04. The molecule has 13 heavy (non-hydrogen) atoms. The summed E-state index contributed by atoms with van der Waals surface area (Å²) in [7, 11) is 1.30. The minimum Gasteiger partial charge on any atom is -0.366 e. The second-order valence-electron chi connectivity index (χ2n) is 2.79. The van der Waals surface area contributed by atoms with Crippen molar-refractivity contribution in [2.45, 2.75) is 25.6 Å². The molecule has 0 aromatic carbocycles. The fourth-order valence-electron chi connectivity index (χ4n) is 0.329. The second kappa shape index (κ2) is 3.79. The number of hydrogen-bond donors (Lipinski definition) is 0. The maximum absolute atomic E-state index is 11.6. The van der Waals surface area contributed by atoms with E-state index in [4.69, 9.17) is 4.74 Å². The first-order chi connectivity index (χ1) is 5.69. The van der Waals surface area contributed by atoms with Gasteiger partial charge in [0.05, 0.1) is 0 Å². The first-order valence-corrected chi connectivity index (χ1v) is 3.38. The normalized spacial score (nSPS) is 11.8. The molecule has 0 saturated heterocycles. The Morgan fingerprint density at radius 1 is 1.31 bits per heavy atom. The van der Waals surface area contributed by atoms with E-state index in [1.165, 1.54) is 26.9 Å². The lowest BCUT2D eigenvalue weighted by molar-refractivity contribution is -0.164. The fraction of sp³-hybridized carbons (Fsp3) is 0.625. The average molecular weight is 194 g/mol. The predicted molar refractivity (Wildman–Crippen MR) is 39.9 cm³/mol. The quantitative estimate of drug-likeness (QED) is 0.467. The molecule has 5 heteroatoms. The van der Waals surface area contributed by atoms with Gasteiger partial charge in [-0.25, -0.2) is 0 Å². The third-order valence-electron chi connectivity index (χ3n) is 1.24. The number of halogens is 3. The molecule has 0 amide bonds. The van der Waals surface area contributed by atoms with Gasteiger partial charge in [-0.1, -0.05) is 5.92 Å². The van der Waals surface area contributed by atoms with Crippen LogP contribution in [0.25, 0.3) is 0 Å². The number of hydrogen-bond acceptors (Lipinski definition) is 2. The molecule has 0 N–H and O–H groups in total. The lowest BCUT2D eigenvalue weighted by Gasteiger charge is -2.13. The highest BCUT2D eigenvalue weighted by atomic mass is 19.4.